The van der Waals surface area contributed by atoms with Gasteiger partial charge in [0.1, 0.15) is 16.8 Å². The molecule has 1 aromatic carbocycles. The Hall–Kier alpha value is -2.70. The molecule has 0 radical (unpaired) electrons. The molecule has 3 aliphatic carbocycles. The van der Waals surface area contributed by atoms with E-state index in [1.165, 1.54) is 22.6 Å². The van der Waals surface area contributed by atoms with Gasteiger partial charge >= 0.3 is 6.18 Å². The van der Waals surface area contributed by atoms with Crippen molar-refractivity contribution in [2.24, 2.45) is 10.4 Å². The molecule has 6 rings (SSSR count). The predicted octanol–water partition coefficient (Wildman–Crippen LogP) is 4.59. The molecule has 3 fully saturated rings. The second-order valence-electron chi connectivity index (χ2n) is 11.7. The lowest BCUT2D eigenvalue weighted by molar-refractivity contribution is -0.151. The third-order valence-electron chi connectivity index (χ3n) is 8.19. The van der Waals surface area contributed by atoms with Crippen molar-refractivity contribution in [2.75, 3.05) is 0 Å². The second kappa shape index (κ2) is 9.70. The first-order chi connectivity index (χ1) is 18.6. The molecule has 0 spiro atoms. The number of aromatic amines is 1. The Bertz CT molecular complexity index is 1500. The number of halogens is 4. The number of ketones is 1. The topological polar surface area (TPSA) is 112 Å². The molecule has 0 amide bonds. The number of aliphatic imine (C=N–C) groups is 1. The van der Waals surface area contributed by atoms with Gasteiger partial charge in [-0.15, -0.1) is 0 Å². The smallest absolute Gasteiger partial charge is 0.366 e. The van der Waals surface area contributed by atoms with Crippen molar-refractivity contribution in [1.29, 1.82) is 0 Å². The molecule has 4 aliphatic rings. The van der Waals surface area contributed by atoms with Crippen LogP contribution >= 0.6 is 11.6 Å². The summed E-state index contributed by atoms with van der Waals surface area (Å²) in [4.78, 5) is 32.0. The number of H-pyrrole nitrogens is 1. The van der Waals surface area contributed by atoms with Gasteiger partial charge in [0.25, 0.3) is 5.56 Å². The van der Waals surface area contributed by atoms with Crippen molar-refractivity contribution in [3.8, 4) is 0 Å². The van der Waals surface area contributed by atoms with Crippen LogP contribution < -0.4 is 10.9 Å². The largest absolute Gasteiger partial charge is 0.389 e. The van der Waals surface area contributed by atoms with Gasteiger partial charge in [0.2, 0.25) is 10.0 Å². The quantitative estimate of drug-likeness (QED) is 0.415. The summed E-state index contributed by atoms with van der Waals surface area (Å²) < 4.78 is 66.7. The number of aromatic nitrogens is 1. The van der Waals surface area contributed by atoms with Gasteiger partial charge in [-0.25, -0.2) is 8.42 Å². The zero-order valence-corrected chi connectivity index (χ0v) is 23.6. The molecular weight excluding hydrogens is 569 g/mol. The van der Waals surface area contributed by atoms with E-state index >= 15 is 0 Å². The molecular formula is C27H30ClF3N4O4S. The first-order valence-corrected chi connectivity index (χ1v) is 14.8. The zero-order chi connectivity index (χ0) is 29.1. The minimum atomic E-state index is -4.32. The van der Waals surface area contributed by atoms with Gasteiger partial charge in [0.05, 0.1) is 5.54 Å². The number of Topliss-reactive ketones (excluding diaryl/α,β-unsaturated/α-hetero) is 1. The second-order valence-corrected chi connectivity index (χ2v) is 14.0. The molecule has 8 nitrogen and oxygen atoms in total. The maximum absolute atomic E-state index is 13.8. The molecule has 13 heteroatoms. The summed E-state index contributed by atoms with van der Waals surface area (Å²) in [6.07, 6.45) is -3.16. The number of pyridine rings is 1. The summed E-state index contributed by atoms with van der Waals surface area (Å²) in [5.41, 5.74) is -1.99. The fourth-order valence-electron chi connectivity index (χ4n) is 6.28. The van der Waals surface area contributed by atoms with Gasteiger partial charge in [-0.2, -0.15) is 17.5 Å². The molecule has 2 aromatic rings. The Labute approximate surface area is 235 Å². The number of hydrogen-bond donors (Lipinski definition) is 2. The fraction of sp³-hybridized carbons (Fsp3) is 0.519. The monoisotopic (exact) mass is 598 g/mol. The molecule has 3 saturated carbocycles. The highest BCUT2D eigenvalue weighted by atomic mass is 35.5. The number of carbonyl (C=O) groups excluding carboxylic acids is 1. The summed E-state index contributed by atoms with van der Waals surface area (Å²) in [6, 6.07) is 8.74. The highest BCUT2D eigenvalue weighted by molar-refractivity contribution is 7.89. The number of hydrogen-bond acceptors (Lipinski definition) is 6. The van der Waals surface area contributed by atoms with E-state index in [2.05, 4.69) is 15.3 Å². The third-order valence-corrected chi connectivity index (χ3v) is 10.4. The van der Waals surface area contributed by atoms with E-state index in [0.29, 0.717) is 35.7 Å². The normalized spacial score (nSPS) is 27.0. The third kappa shape index (κ3) is 5.09. The number of alkyl halides is 3. The van der Waals surface area contributed by atoms with E-state index < -0.39 is 50.7 Å². The number of sulfonamides is 1. The van der Waals surface area contributed by atoms with Crippen molar-refractivity contribution < 1.29 is 26.4 Å². The summed E-state index contributed by atoms with van der Waals surface area (Å²) in [5, 5.41) is 3.82. The van der Waals surface area contributed by atoms with Crippen LogP contribution in [0.3, 0.4) is 0 Å². The first-order valence-electron chi connectivity index (χ1n) is 13.0. The van der Waals surface area contributed by atoms with Crippen LogP contribution in [0.4, 0.5) is 13.2 Å². The summed E-state index contributed by atoms with van der Waals surface area (Å²) in [5.74, 6) is 0.239. The van der Waals surface area contributed by atoms with Crippen LogP contribution in [0.25, 0.3) is 0 Å². The molecule has 0 unspecified atom stereocenters. The van der Waals surface area contributed by atoms with E-state index in [1.807, 2.05) is 0 Å². The van der Waals surface area contributed by atoms with Crippen LogP contribution in [-0.2, 0) is 21.4 Å². The molecule has 1 aromatic heterocycles. The highest BCUT2D eigenvalue weighted by Crippen LogP contribution is 2.71. The molecule has 2 N–H and O–H groups in total. The molecule has 0 saturated heterocycles. The van der Waals surface area contributed by atoms with Gasteiger partial charge in [-0.3, -0.25) is 14.6 Å². The van der Waals surface area contributed by atoms with Gasteiger partial charge in [-0.1, -0.05) is 23.7 Å². The van der Waals surface area contributed by atoms with Crippen LogP contribution in [0, 0.1) is 5.41 Å². The van der Waals surface area contributed by atoms with Crippen molar-refractivity contribution >= 4 is 33.2 Å². The lowest BCUT2D eigenvalue weighted by Gasteiger charge is -2.72. The molecule has 40 heavy (non-hydrogen) atoms. The minimum Gasteiger partial charge on any atom is -0.366 e. The van der Waals surface area contributed by atoms with E-state index in [0.717, 1.165) is 0 Å². The Kier molecular flexibility index (Phi) is 6.99. The molecule has 2 heterocycles. The van der Waals surface area contributed by atoms with E-state index in [4.69, 9.17) is 11.6 Å². The van der Waals surface area contributed by atoms with Crippen LogP contribution in [0.15, 0.2) is 57.3 Å². The minimum absolute atomic E-state index is 0.0373. The Balaban J connectivity index is 1.37. The summed E-state index contributed by atoms with van der Waals surface area (Å²) in [6.45, 7) is 3.61. The average Bonchev–Trinajstić information content (AvgIpc) is 3.12. The average molecular weight is 599 g/mol. The van der Waals surface area contributed by atoms with Gasteiger partial charge in [0.15, 0.2) is 5.78 Å². The zero-order valence-electron chi connectivity index (χ0n) is 22.0. The van der Waals surface area contributed by atoms with Gasteiger partial charge in [0, 0.05) is 41.6 Å². The number of amidine groups is 1. The van der Waals surface area contributed by atoms with Gasteiger partial charge in [-0.05, 0) is 69.4 Å². The Morgan fingerprint density at radius 3 is 2.40 bits per heavy atom. The molecule has 216 valence electrons. The first kappa shape index (κ1) is 28.8. The van der Waals surface area contributed by atoms with Crippen molar-refractivity contribution in [1.82, 2.24) is 14.6 Å². The number of nitrogens with zero attached hydrogens (tertiary/aromatic N) is 2. The number of carbonyl (C=O) groups is 1. The van der Waals surface area contributed by atoms with E-state index in [-0.39, 0.29) is 30.1 Å². The van der Waals surface area contributed by atoms with Crippen LogP contribution in [0.1, 0.15) is 57.9 Å². The maximum atomic E-state index is 13.8. The van der Waals surface area contributed by atoms with Crippen LogP contribution in [-0.4, -0.2) is 52.6 Å². The highest BCUT2D eigenvalue weighted by Gasteiger charge is 2.75. The van der Waals surface area contributed by atoms with Crippen LogP contribution in [0.5, 0.6) is 0 Å². The maximum Gasteiger partial charge on any atom is 0.389 e. The number of nitrogens with one attached hydrogen (secondary N) is 2. The lowest BCUT2D eigenvalue weighted by Crippen LogP contribution is -2.78. The van der Waals surface area contributed by atoms with E-state index in [1.54, 1.807) is 38.1 Å². The van der Waals surface area contributed by atoms with E-state index in [9.17, 15) is 31.2 Å². The number of benzene rings is 1. The Morgan fingerprint density at radius 2 is 1.80 bits per heavy atom. The van der Waals surface area contributed by atoms with Crippen molar-refractivity contribution in [3.05, 3.63) is 63.5 Å². The fourth-order valence-corrected chi connectivity index (χ4v) is 8.21. The SMILES string of the molecule is CC1(C)NC(C23CC(N(Cc4ccc(Cl)cc4)S(=O)(=O)c4ccc[nH]c4=O)(C2)C3)=N[C@H]1C(=O)CCCC(F)(F)F. The Morgan fingerprint density at radius 1 is 1.15 bits per heavy atom. The van der Waals surface area contributed by atoms with Crippen molar-refractivity contribution in [2.45, 2.75) is 87.1 Å². The molecule has 1 atom stereocenters. The summed E-state index contributed by atoms with van der Waals surface area (Å²) in [7, 11) is -4.19. The standard InChI is InChI=1S/C27H30ClF3N4O4S/c1-24(2)21(19(36)5-3-11-27(29,30)31)33-23(34-24)25-14-26(15-25,16-25)35(13-17-7-9-18(28)10-8-17)40(38,39)20-6-4-12-32-22(20)37/h4,6-10,12,21H,3,5,11,13-16H2,1-2H3,(H,32,37)(H,33,34)/t21-,25?,26?/m0/s1. The molecule has 1 aliphatic heterocycles. The van der Waals surface area contributed by atoms with Crippen LogP contribution in [0.2, 0.25) is 5.02 Å². The molecule has 2 bridgehead atoms. The number of rotatable bonds is 10. The summed E-state index contributed by atoms with van der Waals surface area (Å²) >= 11 is 6.02. The van der Waals surface area contributed by atoms with Gasteiger partial charge < -0.3 is 10.3 Å². The lowest BCUT2D eigenvalue weighted by atomic mass is 9.38. The van der Waals surface area contributed by atoms with Crippen molar-refractivity contribution in [3.63, 3.8) is 0 Å². The predicted molar refractivity (Wildman–Crippen MR) is 144 cm³/mol.